The molecule has 0 aliphatic carbocycles. The Hall–Kier alpha value is -1.00. The van der Waals surface area contributed by atoms with E-state index in [1.807, 2.05) is 24.5 Å². The van der Waals surface area contributed by atoms with Gasteiger partial charge in [0.1, 0.15) is 0 Å². The van der Waals surface area contributed by atoms with Gasteiger partial charge in [-0.2, -0.15) is 25.3 Å². The summed E-state index contributed by atoms with van der Waals surface area (Å²) in [5, 5.41) is 0. The lowest BCUT2D eigenvalue weighted by Crippen LogP contribution is -1.94. The van der Waals surface area contributed by atoms with E-state index in [2.05, 4.69) is 47.4 Å². The van der Waals surface area contributed by atoms with Crippen molar-refractivity contribution in [3.05, 3.63) is 47.8 Å². The van der Waals surface area contributed by atoms with Gasteiger partial charge in [-0.3, -0.25) is 9.97 Å². The quantitative estimate of drug-likeness (QED) is 0.821. The average Bonchev–Trinajstić information content (AvgIpc) is 2.40. The molecule has 0 spiro atoms. The van der Waals surface area contributed by atoms with Crippen LogP contribution in [0.4, 0.5) is 0 Å². The molecule has 2 heterocycles. The molecule has 94 valence electrons. The zero-order valence-electron chi connectivity index (χ0n) is 10.1. The molecule has 0 aliphatic rings. The first-order valence-corrected chi connectivity index (χ1v) is 7.22. The van der Waals surface area contributed by atoms with Crippen LogP contribution in [-0.2, 0) is 12.8 Å². The molecule has 2 aromatic rings. The Morgan fingerprint density at radius 2 is 1.22 bits per heavy atom. The van der Waals surface area contributed by atoms with Crippen molar-refractivity contribution in [3.63, 3.8) is 0 Å². The third kappa shape index (κ3) is 3.50. The number of hydrogen-bond acceptors (Lipinski definition) is 4. The predicted molar refractivity (Wildman–Crippen MR) is 82.6 cm³/mol. The van der Waals surface area contributed by atoms with Gasteiger partial charge in [-0.05, 0) is 59.7 Å². The van der Waals surface area contributed by atoms with Crippen LogP contribution in [0, 0.1) is 0 Å². The molecule has 0 N–H and O–H groups in total. The summed E-state index contributed by atoms with van der Waals surface area (Å²) < 4.78 is 0. The third-order valence-corrected chi connectivity index (χ3v) is 3.16. The molecule has 0 saturated carbocycles. The second kappa shape index (κ2) is 6.81. The Labute approximate surface area is 119 Å². The fourth-order valence-corrected chi connectivity index (χ4v) is 2.31. The van der Waals surface area contributed by atoms with E-state index < -0.39 is 0 Å². The molecule has 2 nitrogen and oxygen atoms in total. The van der Waals surface area contributed by atoms with Crippen molar-refractivity contribution in [2.45, 2.75) is 12.8 Å². The van der Waals surface area contributed by atoms with Gasteiger partial charge >= 0.3 is 0 Å². The summed E-state index contributed by atoms with van der Waals surface area (Å²) in [6.45, 7) is 0. The van der Waals surface area contributed by atoms with Crippen LogP contribution in [-0.4, -0.2) is 21.5 Å². The molecule has 0 aliphatic heterocycles. The standard InChI is InChI=1S/C14H16N2S2/c17-7-3-11-1-5-15-13(9-11)14-10-12(4-8-18)2-6-16-14/h1-2,5-6,9-10,17-18H,3-4,7-8H2. The second-order valence-corrected chi connectivity index (χ2v) is 4.94. The molecule has 4 heteroatoms. The van der Waals surface area contributed by atoms with E-state index in [0.29, 0.717) is 0 Å². The van der Waals surface area contributed by atoms with E-state index in [9.17, 15) is 0 Å². The van der Waals surface area contributed by atoms with Crippen LogP contribution in [0.2, 0.25) is 0 Å². The third-order valence-electron chi connectivity index (χ3n) is 2.71. The SMILES string of the molecule is SCCc1ccnc(-c2cc(CCS)ccn2)c1. The van der Waals surface area contributed by atoms with Crippen LogP contribution in [0.1, 0.15) is 11.1 Å². The maximum absolute atomic E-state index is 4.39. The number of thiol groups is 2. The van der Waals surface area contributed by atoms with E-state index in [1.165, 1.54) is 11.1 Å². The maximum Gasteiger partial charge on any atom is 0.0888 e. The van der Waals surface area contributed by atoms with Gasteiger partial charge in [0.15, 0.2) is 0 Å². The highest BCUT2D eigenvalue weighted by molar-refractivity contribution is 7.80. The van der Waals surface area contributed by atoms with Gasteiger partial charge in [0, 0.05) is 12.4 Å². The molecular weight excluding hydrogens is 260 g/mol. The number of pyridine rings is 2. The van der Waals surface area contributed by atoms with Crippen molar-refractivity contribution < 1.29 is 0 Å². The van der Waals surface area contributed by atoms with Crippen LogP contribution < -0.4 is 0 Å². The highest BCUT2D eigenvalue weighted by Crippen LogP contribution is 2.17. The number of rotatable bonds is 5. The lowest BCUT2D eigenvalue weighted by Gasteiger charge is -2.05. The normalized spacial score (nSPS) is 10.6. The fraction of sp³-hybridized carbons (Fsp3) is 0.286. The van der Waals surface area contributed by atoms with E-state index in [1.54, 1.807) is 0 Å². The van der Waals surface area contributed by atoms with Gasteiger partial charge in [-0.25, -0.2) is 0 Å². The van der Waals surface area contributed by atoms with Crippen LogP contribution in [0.3, 0.4) is 0 Å². The number of aromatic nitrogens is 2. The Morgan fingerprint density at radius 1 is 0.778 bits per heavy atom. The molecule has 0 amide bonds. The van der Waals surface area contributed by atoms with E-state index >= 15 is 0 Å². The number of aryl methyl sites for hydroxylation is 2. The summed E-state index contributed by atoms with van der Waals surface area (Å²) in [4.78, 5) is 8.77. The van der Waals surface area contributed by atoms with Crippen molar-refractivity contribution in [3.8, 4) is 11.4 Å². The van der Waals surface area contributed by atoms with Gasteiger partial charge in [0.2, 0.25) is 0 Å². The highest BCUT2D eigenvalue weighted by atomic mass is 32.1. The summed E-state index contributed by atoms with van der Waals surface area (Å²) in [6.07, 6.45) is 5.58. The van der Waals surface area contributed by atoms with Crippen molar-refractivity contribution in [2.24, 2.45) is 0 Å². The van der Waals surface area contributed by atoms with Crippen molar-refractivity contribution >= 4 is 25.3 Å². The zero-order chi connectivity index (χ0) is 12.8. The summed E-state index contributed by atoms with van der Waals surface area (Å²) in [7, 11) is 0. The maximum atomic E-state index is 4.39. The second-order valence-electron chi connectivity index (χ2n) is 4.05. The van der Waals surface area contributed by atoms with Crippen LogP contribution in [0.25, 0.3) is 11.4 Å². The fourth-order valence-electron chi connectivity index (χ4n) is 1.80. The molecule has 2 rings (SSSR count). The lowest BCUT2D eigenvalue weighted by molar-refractivity contribution is 1.11. The molecule has 0 atom stereocenters. The summed E-state index contributed by atoms with van der Waals surface area (Å²) in [6, 6.07) is 8.22. The molecule has 0 aromatic carbocycles. The zero-order valence-corrected chi connectivity index (χ0v) is 11.9. The lowest BCUT2D eigenvalue weighted by atomic mass is 10.1. The van der Waals surface area contributed by atoms with Crippen molar-refractivity contribution in [2.75, 3.05) is 11.5 Å². The Kier molecular flexibility index (Phi) is 5.08. The smallest absolute Gasteiger partial charge is 0.0888 e. The van der Waals surface area contributed by atoms with Gasteiger partial charge < -0.3 is 0 Å². The minimum Gasteiger partial charge on any atom is -0.255 e. The van der Waals surface area contributed by atoms with Crippen molar-refractivity contribution in [1.29, 1.82) is 0 Å². The first-order chi connectivity index (χ1) is 8.83. The van der Waals surface area contributed by atoms with Crippen LogP contribution >= 0.6 is 25.3 Å². The molecule has 2 aromatic heterocycles. The summed E-state index contributed by atoms with van der Waals surface area (Å²) in [5.41, 5.74) is 4.35. The monoisotopic (exact) mass is 276 g/mol. The summed E-state index contributed by atoms with van der Waals surface area (Å²) >= 11 is 8.51. The Morgan fingerprint density at radius 3 is 1.61 bits per heavy atom. The first-order valence-electron chi connectivity index (χ1n) is 5.95. The number of hydrogen-bond donors (Lipinski definition) is 2. The minimum atomic E-state index is 0.844. The largest absolute Gasteiger partial charge is 0.255 e. The molecular formula is C14H16N2S2. The van der Waals surface area contributed by atoms with Crippen LogP contribution in [0.5, 0.6) is 0 Å². The topological polar surface area (TPSA) is 25.8 Å². The Bertz CT molecular complexity index is 467. The molecule has 0 bridgehead atoms. The Balaban J connectivity index is 2.29. The molecule has 0 fully saturated rings. The van der Waals surface area contributed by atoms with E-state index in [-0.39, 0.29) is 0 Å². The molecule has 0 radical (unpaired) electrons. The van der Waals surface area contributed by atoms with Crippen molar-refractivity contribution in [1.82, 2.24) is 9.97 Å². The van der Waals surface area contributed by atoms with Crippen LogP contribution in [0.15, 0.2) is 36.7 Å². The predicted octanol–water partition coefficient (Wildman–Crippen LogP) is 3.09. The van der Waals surface area contributed by atoms with Gasteiger partial charge in [-0.1, -0.05) is 0 Å². The summed E-state index contributed by atoms with van der Waals surface area (Å²) in [5.74, 6) is 1.69. The first kappa shape index (κ1) is 13.4. The van der Waals surface area contributed by atoms with Gasteiger partial charge in [-0.15, -0.1) is 0 Å². The van der Waals surface area contributed by atoms with Gasteiger partial charge in [0.25, 0.3) is 0 Å². The molecule has 18 heavy (non-hydrogen) atoms. The molecule has 0 saturated heterocycles. The average molecular weight is 276 g/mol. The number of nitrogens with zero attached hydrogens (tertiary/aromatic N) is 2. The van der Waals surface area contributed by atoms with Gasteiger partial charge in [0.05, 0.1) is 11.4 Å². The van der Waals surface area contributed by atoms with E-state index in [0.717, 1.165) is 35.7 Å². The molecule has 0 unspecified atom stereocenters. The van der Waals surface area contributed by atoms with E-state index in [4.69, 9.17) is 0 Å². The minimum absolute atomic E-state index is 0.844. The highest BCUT2D eigenvalue weighted by Gasteiger charge is 2.03.